The Morgan fingerprint density at radius 3 is 2.65 bits per heavy atom. The first-order chi connectivity index (χ1) is 9.52. The SMILES string of the molecule is CCCCN(C)S(=O)(=O)c1c(CO)sc2ccccc12. The van der Waals surface area contributed by atoms with E-state index in [0.717, 1.165) is 17.5 Å². The quantitative estimate of drug-likeness (QED) is 0.892. The van der Waals surface area contributed by atoms with Crippen molar-refractivity contribution in [3.8, 4) is 0 Å². The Morgan fingerprint density at radius 2 is 2.00 bits per heavy atom. The van der Waals surface area contributed by atoms with Crippen LogP contribution in [0.5, 0.6) is 0 Å². The van der Waals surface area contributed by atoms with Gasteiger partial charge in [0.25, 0.3) is 0 Å². The molecule has 0 spiro atoms. The fourth-order valence-corrected chi connectivity index (χ4v) is 5.07. The number of nitrogens with zero attached hydrogens (tertiary/aromatic N) is 1. The van der Waals surface area contributed by atoms with Gasteiger partial charge in [0.15, 0.2) is 0 Å². The molecule has 2 aromatic rings. The number of unbranched alkanes of at least 4 members (excludes halogenated alkanes) is 1. The fraction of sp³-hybridized carbons (Fsp3) is 0.429. The van der Waals surface area contributed by atoms with E-state index in [1.807, 2.05) is 25.1 Å². The van der Waals surface area contributed by atoms with Crippen molar-refractivity contribution in [3.63, 3.8) is 0 Å². The Morgan fingerprint density at radius 1 is 1.30 bits per heavy atom. The summed E-state index contributed by atoms with van der Waals surface area (Å²) in [6, 6.07) is 7.37. The first-order valence-corrected chi connectivity index (χ1v) is 8.85. The van der Waals surface area contributed by atoms with Gasteiger partial charge in [-0.2, -0.15) is 0 Å². The molecule has 0 atom stereocenters. The third-order valence-electron chi connectivity index (χ3n) is 3.26. The van der Waals surface area contributed by atoms with Gasteiger partial charge in [-0.25, -0.2) is 12.7 Å². The molecule has 2 rings (SSSR count). The molecule has 0 aliphatic heterocycles. The zero-order valence-electron chi connectivity index (χ0n) is 11.7. The predicted octanol–water partition coefficient (Wildman–Crippen LogP) is 2.81. The molecule has 6 heteroatoms. The van der Waals surface area contributed by atoms with Crippen LogP contribution in [0.15, 0.2) is 29.2 Å². The van der Waals surface area contributed by atoms with Crippen LogP contribution in [0.1, 0.15) is 24.6 Å². The topological polar surface area (TPSA) is 57.6 Å². The molecule has 0 aliphatic rings. The summed E-state index contributed by atoms with van der Waals surface area (Å²) in [4.78, 5) is 0.772. The standard InChI is InChI=1S/C14H19NO3S2/c1-3-4-9-15(2)20(17,18)14-11-7-5-6-8-12(11)19-13(14)10-16/h5-8,16H,3-4,9-10H2,1-2H3. The van der Waals surface area contributed by atoms with Gasteiger partial charge in [0.2, 0.25) is 10.0 Å². The Balaban J connectivity index is 2.55. The molecule has 1 aromatic carbocycles. The van der Waals surface area contributed by atoms with E-state index in [2.05, 4.69) is 0 Å². The van der Waals surface area contributed by atoms with E-state index in [1.54, 1.807) is 13.1 Å². The van der Waals surface area contributed by atoms with Gasteiger partial charge in [-0.05, 0) is 12.5 Å². The molecular formula is C14H19NO3S2. The molecule has 0 saturated carbocycles. The molecule has 1 N–H and O–H groups in total. The van der Waals surface area contributed by atoms with Gasteiger partial charge in [0, 0.05) is 23.7 Å². The summed E-state index contributed by atoms with van der Waals surface area (Å²) in [5.74, 6) is 0. The van der Waals surface area contributed by atoms with E-state index in [4.69, 9.17) is 0 Å². The average Bonchev–Trinajstić information content (AvgIpc) is 2.83. The fourth-order valence-electron chi connectivity index (χ4n) is 2.12. The summed E-state index contributed by atoms with van der Waals surface area (Å²) in [5, 5.41) is 10.2. The Kier molecular flexibility index (Phi) is 4.80. The lowest BCUT2D eigenvalue weighted by Crippen LogP contribution is -2.28. The molecule has 1 heterocycles. The molecule has 1 aromatic heterocycles. The molecule has 4 nitrogen and oxygen atoms in total. The maximum Gasteiger partial charge on any atom is 0.244 e. The van der Waals surface area contributed by atoms with Crippen LogP contribution in [0, 0.1) is 0 Å². The molecule has 0 unspecified atom stereocenters. The van der Waals surface area contributed by atoms with E-state index in [0.29, 0.717) is 16.8 Å². The molecule has 0 aliphatic carbocycles. The molecule has 20 heavy (non-hydrogen) atoms. The lowest BCUT2D eigenvalue weighted by molar-refractivity contribution is 0.282. The van der Waals surface area contributed by atoms with Crippen LogP contribution in [0.4, 0.5) is 0 Å². The third kappa shape index (κ3) is 2.74. The number of benzene rings is 1. The number of hydrogen-bond donors (Lipinski definition) is 1. The Labute approximate surface area is 123 Å². The number of thiophene rings is 1. The highest BCUT2D eigenvalue weighted by Crippen LogP contribution is 2.36. The minimum atomic E-state index is -3.55. The molecule has 110 valence electrons. The summed E-state index contributed by atoms with van der Waals surface area (Å²) >= 11 is 1.34. The lowest BCUT2D eigenvalue weighted by atomic mass is 10.2. The summed E-state index contributed by atoms with van der Waals surface area (Å²) in [6.45, 7) is 2.27. The minimum Gasteiger partial charge on any atom is -0.391 e. The monoisotopic (exact) mass is 313 g/mol. The minimum absolute atomic E-state index is 0.254. The summed E-state index contributed by atoms with van der Waals surface area (Å²) in [5.41, 5.74) is 0. The van der Waals surface area contributed by atoms with Crippen LogP contribution in [0.3, 0.4) is 0 Å². The number of rotatable bonds is 6. The van der Waals surface area contributed by atoms with Crippen molar-refractivity contribution in [2.24, 2.45) is 0 Å². The van der Waals surface area contributed by atoms with Crippen molar-refractivity contribution >= 4 is 31.4 Å². The van der Waals surface area contributed by atoms with Gasteiger partial charge in [-0.15, -0.1) is 11.3 Å². The Bertz CT molecular complexity index is 692. The molecule has 0 amide bonds. The second kappa shape index (κ2) is 6.22. The van der Waals surface area contributed by atoms with Crippen LogP contribution >= 0.6 is 11.3 Å². The summed E-state index contributed by atoms with van der Waals surface area (Å²) in [6.07, 6.45) is 1.77. The van der Waals surface area contributed by atoms with Crippen molar-refractivity contribution in [2.45, 2.75) is 31.3 Å². The van der Waals surface area contributed by atoms with Crippen LogP contribution in [-0.4, -0.2) is 31.4 Å². The number of aliphatic hydroxyl groups excluding tert-OH is 1. The largest absolute Gasteiger partial charge is 0.391 e. The van der Waals surface area contributed by atoms with Gasteiger partial charge in [-0.1, -0.05) is 31.5 Å². The second-order valence-corrected chi connectivity index (χ2v) is 7.81. The van der Waals surface area contributed by atoms with Gasteiger partial charge < -0.3 is 5.11 Å². The summed E-state index contributed by atoms with van der Waals surface area (Å²) in [7, 11) is -1.96. The molecule has 0 saturated heterocycles. The van der Waals surface area contributed by atoms with E-state index in [1.165, 1.54) is 15.6 Å². The highest BCUT2D eigenvalue weighted by atomic mass is 32.2. The van der Waals surface area contributed by atoms with E-state index < -0.39 is 10.0 Å². The highest BCUT2D eigenvalue weighted by molar-refractivity contribution is 7.89. The van der Waals surface area contributed by atoms with E-state index in [-0.39, 0.29) is 11.5 Å². The van der Waals surface area contributed by atoms with Crippen LogP contribution in [0.25, 0.3) is 10.1 Å². The molecule has 0 bridgehead atoms. The van der Waals surface area contributed by atoms with Gasteiger partial charge in [0.1, 0.15) is 4.90 Å². The van der Waals surface area contributed by atoms with Crippen molar-refractivity contribution in [1.29, 1.82) is 0 Å². The smallest absolute Gasteiger partial charge is 0.244 e. The van der Waals surface area contributed by atoms with Crippen molar-refractivity contribution in [1.82, 2.24) is 4.31 Å². The van der Waals surface area contributed by atoms with Gasteiger partial charge in [-0.3, -0.25) is 0 Å². The highest BCUT2D eigenvalue weighted by Gasteiger charge is 2.27. The van der Waals surface area contributed by atoms with Crippen molar-refractivity contribution in [3.05, 3.63) is 29.1 Å². The maximum absolute atomic E-state index is 12.7. The lowest BCUT2D eigenvalue weighted by Gasteiger charge is -2.17. The Hall–Kier alpha value is -0.950. The number of sulfonamides is 1. The zero-order chi connectivity index (χ0) is 14.8. The van der Waals surface area contributed by atoms with Crippen molar-refractivity contribution < 1.29 is 13.5 Å². The number of fused-ring (bicyclic) bond motifs is 1. The van der Waals surface area contributed by atoms with Crippen LogP contribution < -0.4 is 0 Å². The normalized spacial score (nSPS) is 12.4. The van der Waals surface area contributed by atoms with Crippen LogP contribution in [0.2, 0.25) is 0 Å². The van der Waals surface area contributed by atoms with E-state index in [9.17, 15) is 13.5 Å². The maximum atomic E-state index is 12.7. The molecular weight excluding hydrogens is 294 g/mol. The molecule has 0 fully saturated rings. The third-order valence-corrected chi connectivity index (χ3v) is 6.53. The first kappa shape index (κ1) is 15.4. The molecule has 0 radical (unpaired) electrons. The number of aliphatic hydroxyl groups is 1. The average molecular weight is 313 g/mol. The van der Waals surface area contributed by atoms with Gasteiger partial charge >= 0.3 is 0 Å². The first-order valence-electron chi connectivity index (χ1n) is 6.60. The second-order valence-electron chi connectivity index (χ2n) is 4.69. The summed E-state index contributed by atoms with van der Waals surface area (Å²) < 4.78 is 27.7. The zero-order valence-corrected chi connectivity index (χ0v) is 13.3. The number of hydrogen-bond acceptors (Lipinski definition) is 4. The van der Waals surface area contributed by atoms with E-state index >= 15 is 0 Å². The van der Waals surface area contributed by atoms with Gasteiger partial charge in [0.05, 0.1) is 11.5 Å². The van der Waals surface area contributed by atoms with Crippen LogP contribution in [-0.2, 0) is 16.6 Å². The predicted molar refractivity (Wildman–Crippen MR) is 82.5 cm³/mol. The van der Waals surface area contributed by atoms with Crippen molar-refractivity contribution in [2.75, 3.05) is 13.6 Å².